The van der Waals surface area contributed by atoms with Gasteiger partial charge in [-0.15, -0.1) is 0 Å². The molecule has 2 bridgehead atoms. The van der Waals surface area contributed by atoms with E-state index >= 15 is 0 Å². The van der Waals surface area contributed by atoms with Crippen LogP contribution in [0.5, 0.6) is 0 Å². The van der Waals surface area contributed by atoms with Gasteiger partial charge in [-0.2, -0.15) is 0 Å². The molecular formula is C19H23NO10. The first kappa shape index (κ1) is 16.0. The molecule has 2 aliphatic heterocycles. The highest BCUT2D eigenvalue weighted by molar-refractivity contribution is 5.82. The summed E-state index contributed by atoms with van der Waals surface area (Å²) in [5.74, 6) is -6.53. The summed E-state index contributed by atoms with van der Waals surface area (Å²) in [6.07, 6.45) is -12.8. The number of hydrogen-bond acceptors (Lipinski definition) is 10. The number of nitrogens with one attached hydrogen (secondary N) is 1. The average molecular weight is 430 g/mol. The lowest BCUT2D eigenvalue weighted by atomic mass is 9.86. The second-order valence-electron chi connectivity index (χ2n) is 6.53. The van der Waals surface area contributed by atoms with E-state index in [1.54, 1.807) is 30.3 Å². The summed E-state index contributed by atoms with van der Waals surface area (Å²) >= 11 is 0. The van der Waals surface area contributed by atoms with E-state index in [-0.39, 0.29) is 6.61 Å². The van der Waals surface area contributed by atoms with Crippen molar-refractivity contribution >= 4 is 18.0 Å². The van der Waals surface area contributed by atoms with Crippen LogP contribution in [0.4, 0.5) is 4.79 Å². The molecule has 11 nitrogen and oxygen atoms in total. The maximum atomic E-state index is 12.8. The van der Waals surface area contributed by atoms with Crippen molar-refractivity contribution in [1.29, 1.82) is 0 Å². The zero-order chi connectivity index (χ0) is 26.2. The van der Waals surface area contributed by atoms with Crippen molar-refractivity contribution in [2.45, 2.75) is 56.1 Å². The van der Waals surface area contributed by atoms with Crippen LogP contribution in [0.15, 0.2) is 30.3 Å². The van der Waals surface area contributed by atoms with Crippen LogP contribution in [-0.4, -0.2) is 76.2 Å². The van der Waals surface area contributed by atoms with Crippen molar-refractivity contribution in [3.05, 3.63) is 35.9 Å². The number of ether oxygens (including phenoxy) is 4. The first-order valence-electron chi connectivity index (χ1n) is 11.3. The number of amides is 1. The Morgan fingerprint density at radius 1 is 1.43 bits per heavy atom. The van der Waals surface area contributed by atoms with Crippen molar-refractivity contribution in [2.24, 2.45) is 0 Å². The molecule has 2 saturated heterocycles. The van der Waals surface area contributed by atoms with Gasteiger partial charge in [-0.3, -0.25) is 4.79 Å². The second-order valence-corrected chi connectivity index (χ2v) is 6.53. The lowest BCUT2D eigenvalue weighted by Crippen LogP contribution is -2.72. The highest BCUT2D eigenvalue weighted by atomic mass is 16.8. The molecular weight excluding hydrogens is 402 g/mol. The molecule has 1 aromatic carbocycles. The highest BCUT2D eigenvalue weighted by Gasteiger charge is 2.63. The number of benzene rings is 1. The third kappa shape index (κ3) is 4.54. The van der Waals surface area contributed by atoms with Crippen molar-refractivity contribution in [3.63, 3.8) is 0 Å². The molecule has 0 unspecified atom stereocenters. The van der Waals surface area contributed by atoms with Gasteiger partial charge in [-0.05, 0) is 5.56 Å². The molecule has 2 aliphatic rings. The Morgan fingerprint density at radius 2 is 2.17 bits per heavy atom. The van der Waals surface area contributed by atoms with Crippen LogP contribution in [-0.2, 0) is 35.1 Å². The van der Waals surface area contributed by atoms with Crippen LogP contribution in [0, 0.1) is 0 Å². The van der Waals surface area contributed by atoms with Gasteiger partial charge in [0.1, 0.15) is 18.8 Å². The van der Waals surface area contributed by atoms with Gasteiger partial charge >= 0.3 is 17.9 Å². The molecule has 0 aliphatic carbocycles. The van der Waals surface area contributed by atoms with Crippen LogP contribution in [0.2, 0.25) is 0 Å². The molecule has 1 aromatic rings. The largest absolute Gasteiger partial charge is 0.511 e. The summed E-state index contributed by atoms with van der Waals surface area (Å²) in [7, 11) is 0. The topological polar surface area (TPSA) is 161 Å². The summed E-state index contributed by atoms with van der Waals surface area (Å²) in [5, 5.41) is 32.0. The maximum Gasteiger partial charge on any atom is 0.511 e. The maximum absolute atomic E-state index is 12.8. The van der Waals surface area contributed by atoms with Gasteiger partial charge in [0.15, 0.2) is 6.10 Å². The lowest BCUT2D eigenvalue weighted by Gasteiger charge is -2.50. The van der Waals surface area contributed by atoms with E-state index in [0.717, 1.165) is 0 Å². The standard InChI is InChI=1S/C19H23NO10/c1-10(22)20-14-12(23)7-19(17(25)28-15(13(24)8-21)16(14)29-19)30-18(26)27-9-11-5-3-2-4-6-11/h2-6,12-16,21,23-24H,7-9H2,1H3,(H,20,22)/t12-,13+,14+,15+,16+,19+/m0/s1/i1D3,7D2. The van der Waals surface area contributed by atoms with Gasteiger partial charge < -0.3 is 39.6 Å². The zero-order valence-corrected chi connectivity index (χ0v) is 15.4. The van der Waals surface area contributed by atoms with Crippen molar-refractivity contribution in [1.82, 2.24) is 5.32 Å². The van der Waals surface area contributed by atoms with Crippen LogP contribution in [0.25, 0.3) is 0 Å². The number of hydrogen-bond donors (Lipinski definition) is 4. The third-order valence-electron chi connectivity index (χ3n) is 4.46. The average Bonchev–Trinajstić information content (AvgIpc) is 2.80. The molecule has 0 saturated carbocycles. The van der Waals surface area contributed by atoms with Crippen molar-refractivity contribution in [2.75, 3.05) is 6.61 Å². The zero-order valence-electron chi connectivity index (χ0n) is 20.4. The predicted molar refractivity (Wildman–Crippen MR) is 96.5 cm³/mol. The summed E-state index contributed by atoms with van der Waals surface area (Å²) in [6, 6.07) is 6.33. The van der Waals surface area contributed by atoms with Crippen molar-refractivity contribution < 1.29 is 55.5 Å². The molecule has 164 valence electrons. The second kappa shape index (κ2) is 8.96. The Morgan fingerprint density at radius 3 is 2.83 bits per heavy atom. The Labute approximate surface area is 178 Å². The number of carbonyl (C=O) groups is 3. The summed E-state index contributed by atoms with van der Waals surface area (Å²) in [6.45, 7) is -4.54. The molecule has 3 rings (SSSR count). The Kier molecular flexibility index (Phi) is 4.79. The Balaban J connectivity index is 1.92. The summed E-state index contributed by atoms with van der Waals surface area (Å²) in [5.41, 5.74) is 0.525. The first-order chi connectivity index (χ1) is 16.2. The van der Waals surface area contributed by atoms with Gasteiger partial charge in [0.25, 0.3) is 0 Å². The van der Waals surface area contributed by atoms with Gasteiger partial charge in [-0.1, -0.05) is 30.3 Å². The summed E-state index contributed by atoms with van der Waals surface area (Å²) < 4.78 is 58.3. The number of fused-ring (bicyclic) bond motifs is 2. The number of carbonyl (C=O) groups excluding carboxylic acids is 3. The predicted octanol–water partition coefficient (Wildman–Crippen LogP) is -1.03. The molecule has 2 heterocycles. The van der Waals surface area contributed by atoms with Crippen molar-refractivity contribution in [3.8, 4) is 0 Å². The van der Waals surface area contributed by atoms with E-state index in [4.69, 9.17) is 25.8 Å². The quantitative estimate of drug-likeness (QED) is 0.411. The van der Waals surface area contributed by atoms with E-state index in [2.05, 4.69) is 0 Å². The number of rotatable bonds is 6. The molecule has 11 heteroatoms. The Bertz CT molecular complexity index is 961. The minimum absolute atomic E-state index is 0.330. The third-order valence-corrected chi connectivity index (χ3v) is 4.46. The van der Waals surface area contributed by atoms with Crippen LogP contribution >= 0.6 is 0 Å². The number of aliphatic hydroxyl groups excluding tert-OH is 3. The van der Waals surface area contributed by atoms with E-state index in [0.29, 0.717) is 5.56 Å². The van der Waals surface area contributed by atoms with E-state index in [1.807, 2.05) is 5.32 Å². The molecule has 0 radical (unpaired) electrons. The highest BCUT2D eigenvalue weighted by Crippen LogP contribution is 2.39. The van der Waals surface area contributed by atoms with Crippen LogP contribution in [0.1, 0.15) is 25.6 Å². The van der Waals surface area contributed by atoms with Crippen LogP contribution < -0.4 is 5.32 Å². The SMILES string of the molecule is [2H]C([2H])([2H])C(=O)N[C@H]1[C@H]2O[C@](OC(=O)OCc3ccccc3)(C(=O)O[C@@H]2[C@H](O)CO)C([2H])([2H])[C@@H]1O. The minimum Gasteiger partial charge on any atom is -0.452 e. The molecule has 0 aromatic heterocycles. The molecule has 30 heavy (non-hydrogen) atoms. The monoisotopic (exact) mass is 430 g/mol. The molecule has 2 fully saturated rings. The molecule has 1 amide bonds. The normalized spacial score (nSPS) is 35.8. The fraction of sp³-hybridized carbons (Fsp3) is 0.526. The molecule has 4 N–H and O–H groups in total. The van der Waals surface area contributed by atoms with Gasteiger partial charge in [0.2, 0.25) is 5.91 Å². The summed E-state index contributed by atoms with van der Waals surface area (Å²) in [4.78, 5) is 37.2. The van der Waals surface area contributed by atoms with Gasteiger partial charge in [0, 0.05) is 13.7 Å². The van der Waals surface area contributed by atoms with Gasteiger partial charge in [0.05, 0.1) is 25.1 Å². The first-order valence-corrected chi connectivity index (χ1v) is 8.81. The number of cyclic esters (lactones) is 1. The lowest BCUT2D eigenvalue weighted by molar-refractivity contribution is -0.331. The molecule has 0 spiro atoms. The van der Waals surface area contributed by atoms with E-state index in [9.17, 15) is 29.7 Å². The fourth-order valence-electron chi connectivity index (χ4n) is 3.08. The molecule has 6 atom stereocenters. The number of esters is 1. The fourth-order valence-corrected chi connectivity index (χ4v) is 3.08. The van der Waals surface area contributed by atoms with Crippen LogP contribution in [0.3, 0.4) is 0 Å². The minimum atomic E-state index is -3.31. The van der Waals surface area contributed by atoms with Gasteiger partial charge in [-0.25, -0.2) is 9.59 Å². The van der Waals surface area contributed by atoms with E-state index in [1.165, 1.54) is 0 Å². The van der Waals surface area contributed by atoms with E-state index < -0.39 is 74.1 Å². The smallest absolute Gasteiger partial charge is 0.452 e. The Hall–Kier alpha value is -2.73. The number of aliphatic hydroxyl groups is 3.